The maximum Gasteiger partial charge on any atom is 0.326 e. The molecule has 2 aromatic rings. The van der Waals surface area contributed by atoms with Crippen LogP contribution in [0.3, 0.4) is 0 Å². The van der Waals surface area contributed by atoms with Crippen molar-refractivity contribution in [3.63, 3.8) is 0 Å². The van der Waals surface area contributed by atoms with Gasteiger partial charge in [0, 0.05) is 11.6 Å². The lowest BCUT2D eigenvalue weighted by Gasteiger charge is -2.18. The van der Waals surface area contributed by atoms with Crippen LogP contribution in [0.2, 0.25) is 0 Å². The number of nitrogens with one attached hydrogen (secondary N) is 1. The third-order valence-corrected chi connectivity index (χ3v) is 3.35. The van der Waals surface area contributed by atoms with Gasteiger partial charge in [0.25, 0.3) is 0 Å². The van der Waals surface area contributed by atoms with Gasteiger partial charge in [-0.3, -0.25) is 4.57 Å². The number of nitrogens with two attached hydrogens (primary N) is 1. The summed E-state index contributed by atoms with van der Waals surface area (Å²) in [7, 11) is 0. The van der Waals surface area contributed by atoms with Crippen LogP contribution >= 0.6 is 0 Å². The molecule has 1 heterocycles. The molecule has 4 heteroatoms. The van der Waals surface area contributed by atoms with Gasteiger partial charge in [-0.15, -0.1) is 0 Å². The summed E-state index contributed by atoms with van der Waals surface area (Å²) < 4.78 is 1.88. The maximum atomic E-state index is 11.9. The minimum atomic E-state index is -0.229. The van der Waals surface area contributed by atoms with E-state index in [1.165, 1.54) is 5.56 Å². The van der Waals surface area contributed by atoms with E-state index in [2.05, 4.69) is 11.1 Å². The molecule has 0 saturated heterocycles. The number of nitrogens with zero attached hydrogens (tertiary/aromatic N) is 1. The zero-order valence-electron chi connectivity index (χ0n) is 10.9. The second-order valence-corrected chi connectivity index (χ2v) is 6.05. The SMILES string of the molecule is CC(C)(N)Cc1ccc2c(c1)[nH]c(=O)n2C1CC1. The lowest BCUT2D eigenvalue weighted by molar-refractivity contribution is 0.517. The molecule has 96 valence electrons. The molecule has 0 radical (unpaired) electrons. The lowest BCUT2D eigenvalue weighted by Crippen LogP contribution is -2.34. The monoisotopic (exact) mass is 245 g/mol. The highest BCUT2D eigenvalue weighted by molar-refractivity contribution is 5.76. The molecule has 0 spiro atoms. The predicted molar refractivity (Wildman–Crippen MR) is 72.8 cm³/mol. The van der Waals surface area contributed by atoms with E-state index in [9.17, 15) is 4.79 Å². The minimum absolute atomic E-state index is 0.0108. The van der Waals surface area contributed by atoms with Gasteiger partial charge in [0.2, 0.25) is 0 Å². The molecule has 1 fully saturated rings. The van der Waals surface area contributed by atoms with Gasteiger partial charge in [-0.1, -0.05) is 6.07 Å². The normalized spacial score (nSPS) is 16.4. The molecule has 3 rings (SSSR count). The molecular formula is C14H19N3O. The van der Waals surface area contributed by atoms with Crippen molar-refractivity contribution in [3.8, 4) is 0 Å². The number of benzene rings is 1. The number of H-pyrrole nitrogens is 1. The summed E-state index contributed by atoms with van der Waals surface area (Å²) in [6.07, 6.45) is 3.04. The number of hydrogen-bond donors (Lipinski definition) is 2. The Kier molecular flexibility index (Phi) is 2.38. The summed E-state index contributed by atoms with van der Waals surface area (Å²) in [5.41, 5.74) is 8.91. The molecule has 0 bridgehead atoms. The van der Waals surface area contributed by atoms with Gasteiger partial charge in [-0.25, -0.2) is 4.79 Å². The van der Waals surface area contributed by atoms with E-state index in [4.69, 9.17) is 5.73 Å². The average Bonchev–Trinajstić information content (AvgIpc) is 2.99. The summed E-state index contributed by atoms with van der Waals surface area (Å²) in [6, 6.07) is 6.56. The number of rotatable bonds is 3. The highest BCUT2D eigenvalue weighted by Gasteiger charge is 2.27. The molecule has 1 aliphatic rings. The molecule has 0 amide bonds. The Hall–Kier alpha value is -1.55. The Bertz CT molecular complexity index is 641. The summed E-state index contributed by atoms with van der Waals surface area (Å²) in [6.45, 7) is 4.02. The molecule has 1 aromatic heterocycles. The summed E-state index contributed by atoms with van der Waals surface area (Å²) in [4.78, 5) is 14.8. The second kappa shape index (κ2) is 3.72. The molecule has 4 nitrogen and oxygen atoms in total. The van der Waals surface area contributed by atoms with E-state index < -0.39 is 0 Å². The van der Waals surface area contributed by atoms with Crippen LogP contribution in [0.1, 0.15) is 38.3 Å². The van der Waals surface area contributed by atoms with Crippen molar-refractivity contribution >= 4 is 11.0 Å². The van der Waals surface area contributed by atoms with Crippen LogP contribution in [0.25, 0.3) is 11.0 Å². The van der Waals surface area contributed by atoms with Crippen molar-refractivity contribution in [1.82, 2.24) is 9.55 Å². The summed E-state index contributed by atoms with van der Waals surface area (Å²) >= 11 is 0. The van der Waals surface area contributed by atoms with Gasteiger partial charge in [0.05, 0.1) is 11.0 Å². The fraction of sp³-hybridized carbons (Fsp3) is 0.500. The Morgan fingerprint density at radius 3 is 2.78 bits per heavy atom. The molecule has 0 unspecified atom stereocenters. The van der Waals surface area contributed by atoms with E-state index in [0.717, 1.165) is 30.3 Å². The molecule has 1 aromatic carbocycles. The average molecular weight is 245 g/mol. The van der Waals surface area contributed by atoms with E-state index in [-0.39, 0.29) is 11.2 Å². The van der Waals surface area contributed by atoms with Gasteiger partial charge < -0.3 is 10.7 Å². The highest BCUT2D eigenvalue weighted by atomic mass is 16.1. The van der Waals surface area contributed by atoms with Crippen molar-refractivity contribution in [2.75, 3.05) is 0 Å². The first-order chi connectivity index (χ1) is 8.44. The minimum Gasteiger partial charge on any atom is -0.325 e. The van der Waals surface area contributed by atoms with Crippen LogP contribution in [0.15, 0.2) is 23.0 Å². The smallest absolute Gasteiger partial charge is 0.325 e. The molecule has 1 aliphatic carbocycles. The van der Waals surface area contributed by atoms with Crippen molar-refractivity contribution < 1.29 is 0 Å². The number of hydrogen-bond acceptors (Lipinski definition) is 2. The quantitative estimate of drug-likeness (QED) is 0.868. The van der Waals surface area contributed by atoms with Crippen molar-refractivity contribution in [1.29, 1.82) is 0 Å². The number of aromatic amines is 1. The van der Waals surface area contributed by atoms with Gasteiger partial charge in [-0.2, -0.15) is 0 Å². The van der Waals surface area contributed by atoms with Crippen molar-refractivity contribution in [3.05, 3.63) is 34.2 Å². The van der Waals surface area contributed by atoms with Crippen molar-refractivity contribution in [2.24, 2.45) is 5.73 Å². The van der Waals surface area contributed by atoms with Crippen LogP contribution in [0.5, 0.6) is 0 Å². The molecule has 3 N–H and O–H groups in total. The fourth-order valence-corrected chi connectivity index (χ4v) is 2.51. The highest BCUT2D eigenvalue weighted by Crippen LogP contribution is 2.35. The lowest BCUT2D eigenvalue weighted by atomic mass is 9.96. The topological polar surface area (TPSA) is 63.8 Å². The Morgan fingerprint density at radius 2 is 2.17 bits per heavy atom. The third-order valence-electron chi connectivity index (χ3n) is 3.35. The van der Waals surface area contributed by atoms with E-state index in [1.807, 2.05) is 30.5 Å². The second-order valence-electron chi connectivity index (χ2n) is 6.05. The fourth-order valence-electron chi connectivity index (χ4n) is 2.51. The molecule has 18 heavy (non-hydrogen) atoms. The molecule has 0 aliphatic heterocycles. The standard InChI is InChI=1S/C14H19N3O/c1-14(2,15)8-9-3-6-12-11(7-9)16-13(18)17(12)10-4-5-10/h3,6-7,10H,4-5,8,15H2,1-2H3,(H,16,18). The summed E-state index contributed by atoms with van der Waals surface area (Å²) in [5, 5.41) is 0. The first kappa shape index (κ1) is 11.5. The largest absolute Gasteiger partial charge is 0.326 e. The van der Waals surface area contributed by atoms with Crippen LogP contribution < -0.4 is 11.4 Å². The Labute approximate surface area is 106 Å². The van der Waals surface area contributed by atoms with E-state index in [0.29, 0.717) is 6.04 Å². The zero-order valence-corrected chi connectivity index (χ0v) is 10.9. The van der Waals surface area contributed by atoms with Gasteiger partial charge >= 0.3 is 5.69 Å². The Balaban J connectivity index is 2.06. The van der Waals surface area contributed by atoms with Gasteiger partial charge in [-0.05, 0) is 50.8 Å². The van der Waals surface area contributed by atoms with Crippen LogP contribution in [-0.4, -0.2) is 15.1 Å². The van der Waals surface area contributed by atoms with E-state index in [1.54, 1.807) is 0 Å². The number of imidazole rings is 1. The first-order valence-electron chi connectivity index (χ1n) is 6.46. The predicted octanol–water partition coefficient (Wildman–Crippen LogP) is 1.94. The van der Waals surface area contributed by atoms with E-state index >= 15 is 0 Å². The third kappa shape index (κ3) is 2.08. The number of fused-ring (bicyclic) bond motifs is 1. The molecule has 1 saturated carbocycles. The van der Waals surface area contributed by atoms with Crippen LogP contribution in [-0.2, 0) is 6.42 Å². The van der Waals surface area contributed by atoms with Gasteiger partial charge in [0.15, 0.2) is 0 Å². The van der Waals surface area contributed by atoms with Crippen LogP contribution in [0, 0.1) is 0 Å². The molecular weight excluding hydrogens is 226 g/mol. The zero-order chi connectivity index (χ0) is 12.9. The summed E-state index contributed by atoms with van der Waals surface area (Å²) in [5.74, 6) is 0. The first-order valence-corrected chi connectivity index (χ1v) is 6.46. The molecule has 0 atom stereocenters. The Morgan fingerprint density at radius 1 is 1.44 bits per heavy atom. The van der Waals surface area contributed by atoms with Gasteiger partial charge in [0.1, 0.15) is 0 Å². The maximum absolute atomic E-state index is 11.9. The van der Waals surface area contributed by atoms with Crippen molar-refractivity contribution in [2.45, 2.75) is 44.7 Å². The van der Waals surface area contributed by atoms with Crippen LogP contribution in [0.4, 0.5) is 0 Å². The number of aromatic nitrogens is 2.